The third-order valence-electron chi connectivity index (χ3n) is 4.31. The molecule has 0 unspecified atom stereocenters. The smallest absolute Gasteiger partial charge is 0.367 e. The van der Waals surface area contributed by atoms with Crippen molar-refractivity contribution in [2.75, 3.05) is 12.4 Å². The lowest BCUT2D eigenvalue weighted by Crippen LogP contribution is -2.28. The van der Waals surface area contributed by atoms with Gasteiger partial charge >= 0.3 is 5.69 Å². The number of methoxy groups -OCH3 is 1. The van der Waals surface area contributed by atoms with Gasteiger partial charge in [-0.1, -0.05) is 35.5 Å². The van der Waals surface area contributed by atoms with Crippen molar-refractivity contribution in [2.24, 2.45) is 0 Å². The molecule has 0 saturated heterocycles. The number of nitrogens with one attached hydrogen (secondary N) is 1. The lowest BCUT2D eigenvalue weighted by Gasteiger charge is -2.06. The number of nitrogens with zero attached hydrogens (tertiary/aromatic N) is 4. The Hall–Kier alpha value is -3.59. The second-order valence-corrected chi connectivity index (χ2v) is 7.67. The highest BCUT2D eigenvalue weighted by Crippen LogP contribution is 2.25. The monoisotopic (exact) mass is 421 g/mol. The molecule has 0 spiro atoms. The van der Waals surface area contributed by atoms with Crippen LogP contribution in [0, 0.1) is 6.92 Å². The molecule has 30 heavy (non-hydrogen) atoms. The first-order chi connectivity index (χ1) is 14.5. The van der Waals surface area contributed by atoms with E-state index in [2.05, 4.69) is 15.5 Å². The maximum atomic E-state index is 12.7. The zero-order chi connectivity index (χ0) is 21.1. The SMILES string of the molecule is COc1cccc(NC(=O)Cn2nc3ccc(Sc4ccc(C)cc4)nn3c2=O)c1. The highest BCUT2D eigenvalue weighted by atomic mass is 32.2. The topological polar surface area (TPSA) is 90.5 Å². The number of ether oxygens (including phenoxy) is 1. The summed E-state index contributed by atoms with van der Waals surface area (Å²) in [6.07, 6.45) is 0. The van der Waals surface area contributed by atoms with Crippen LogP contribution in [0.15, 0.2) is 75.4 Å². The van der Waals surface area contributed by atoms with Gasteiger partial charge in [0.1, 0.15) is 17.3 Å². The van der Waals surface area contributed by atoms with Crippen LogP contribution in [0.4, 0.5) is 5.69 Å². The summed E-state index contributed by atoms with van der Waals surface area (Å²) in [5.74, 6) is 0.253. The number of rotatable bonds is 6. The number of carbonyl (C=O) groups excluding carboxylic acids is 1. The molecule has 0 fully saturated rings. The van der Waals surface area contributed by atoms with Gasteiger partial charge in [-0.05, 0) is 43.3 Å². The summed E-state index contributed by atoms with van der Waals surface area (Å²) in [6, 6.07) is 18.5. The molecule has 8 nitrogen and oxygen atoms in total. The summed E-state index contributed by atoms with van der Waals surface area (Å²) in [6.45, 7) is 1.80. The van der Waals surface area contributed by atoms with Crippen LogP contribution in [0.1, 0.15) is 5.56 Å². The molecule has 4 rings (SSSR count). The van der Waals surface area contributed by atoms with Crippen molar-refractivity contribution < 1.29 is 9.53 Å². The van der Waals surface area contributed by atoms with E-state index in [9.17, 15) is 9.59 Å². The number of anilines is 1. The average Bonchev–Trinajstić information content (AvgIpc) is 3.05. The molecule has 2 aromatic heterocycles. The van der Waals surface area contributed by atoms with Gasteiger partial charge in [0.25, 0.3) is 0 Å². The Morgan fingerprint density at radius 1 is 1.10 bits per heavy atom. The minimum Gasteiger partial charge on any atom is -0.497 e. The Labute approximate surface area is 176 Å². The largest absolute Gasteiger partial charge is 0.497 e. The first-order valence-corrected chi connectivity index (χ1v) is 9.99. The molecule has 4 aromatic rings. The third kappa shape index (κ3) is 4.36. The first kappa shape index (κ1) is 19.7. The number of amides is 1. The van der Waals surface area contributed by atoms with Gasteiger partial charge in [-0.25, -0.2) is 9.48 Å². The van der Waals surface area contributed by atoms with E-state index < -0.39 is 5.69 Å². The summed E-state index contributed by atoms with van der Waals surface area (Å²) in [7, 11) is 1.55. The van der Waals surface area contributed by atoms with E-state index in [1.54, 1.807) is 43.5 Å². The van der Waals surface area contributed by atoms with Gasteiger partial charge in [-0.2, -0.15) is 9.61 Å². The predicted octanol–water partition coefficient (Wildman–Crippen LogP) is 3.00. The normalized spacial score (nSPS) is 10.9. The fourth-order valence-electron chi connectivity index (χ4n) is 2.81. The second kappa shape index (κ2) is 8.42. The van der Waals surface area contributed by atoms with Crippen molar-refractivity contribution in [1.82, 2.24) is 19.4 Å². The zero-order valence-electron chi connectivity index (χ0n) is 16.4. The lowest BCUT2D eigenvalue weighted by atomic mass is 10.2. The Morgan fingerprint density at radius 2 is 1.90 bits per heavy atom. The molecule has 0 aliphatic rings. The highest BCUT2D eigenvalue weighted by Gasteiger charge is 2.13. The average molecular weight is 421 g/mol. The van der Waals surface area contributed by atoms with E-state index >= 15 is 0 Å². The number of aromatic nitrogens is 4. The molecule has 9 heteroatoms. The fraction of sp³-hybridized carbons (Fsp3) is 0.143. The van der Waals surface area contributed by atoms with Crippen molar-refractivity contribution in [2.45, 2.75) is 23.4 Å². The van der Waals surface area contributed by atoms with Crippen LogP contribution in [0.2, 0.25) is 0 Å². The summed E-state index contributed by atoms with van der Waals surface area (Å²) in [5, 5.41) is 12.0. The van der Waals surface area contributed by atoms with Crippen LogP contribution in [0.5, 0.6) is 5.75 Å². The van der Waals surface area contributed by atoms with E-state index in [-0.39, 0.29) is 12.5 Å². The van der Waals surface area contributed by atoms with Gasteiger partial charge in [-0.15, -0.1) is 5.10 Å². The summed E-state index contributed by atoms with van der Waals surface area (Å²) in [4.78, 5) is 26.0. The highest BCUT2D eigenvalue weighted by molar-refractivity contribution is 7.99. The van der Waals surface area contributed by atoms with Crippen LogP contribution in [0.25, 0.3) is 5.65 Å². The summed E-state index contributed by atoms with van der Waals surface area (Å²) in [5.41, 5.74) is 1.65. The molecule has 0 bridgehead atoms. The molecule has 0 radical (unpaired) electrons. The molecule has 0 saturated carbocycles. The van der Waals surface area contributed by atoms with E-state index in [1.807, 2.05) is 31.2 Å². The maximum absolute atomic E-state index is 12.7. The number of carbonyl (C=O) groups is 1. The van der Waals surface area contributed by atoms with Gasteiger partial charge in [0, 0.05) is 16.6 Å². The minimum atomic E-state index is -0.475. The molecule has 0 atom stereocenters. The fourth-order valence-corrected chi connectivity index (χ4v) is 3.59. The van der Waals surface area contributed by atoms with Crippen LogP contribution >= 0.6 is 11.8 Å². The number of fused-ring (bicyclic) bond motifs is 1. The Bertz CT molecular complexity index is 1260. The van der Waals surface area contributed by atoms with E-state index in [1.165, 1.54) is 21.8 Å². The third-order valence-corrected chi connectivity index (χ3v) is 5.24. The number of aryl methyl sites for hydroxylation is 1. The molecular formula is C21H19N5O3S. The molecule has 152 valence electrons. The molecule has 0 aliphatic heterocycles. The molecule has 1 N–H and O–H groups in total. The van der Waals surface area contributed by atoms with Crippen molar-refractivity contribution >= 4 is 29.0 Å². The van der Waals surface area contributed by atoms with Crippen molar-refractivity contribution in [1.29, 1.82) is 0 Å². The van der Waals surface area contributed by atoms with Gasteiger partial charge in [0.2, 0.25) is 5.91 Å². The van der Waals surface area contributed by atoms with Gasteiger partial charge in [-0.3, -0.25) is 4.79 Å². The number of benzene rings is 2. The van der Waals surface area contributed by atoms with Gasteiger partial charge in [0.05, 0.1) is 7.11 Å². The predicted molar refractivity (Wildman–Crippen MR) is 114 cm³/mol. The number of hydrogen-bond donors (Lipinski definition) is 1. The van der Waals surface area contributed by atoms with Crippen molar-refractivity contribution in [3.05, 3.63) is 76.7 Å². The minimum absolute atomic E-state index is 0.222. The van der Waals surface area contributed by atoms with Crippen molar-refractivity contribution in [3.63, 3.8) is 0 Å². The molecule has 2 heterocycles. The van der Waals surface area contributed by atoms with Crippen LogP contribution < -0.4 is 15.7 Å². The number of hydrogen-bond acceptors (Lipinski definition) is 6. The molecule has 2 aromatic carbocycles. The van der Waals surface area contributed by atoms with Crippen molar-refractivity contribution in [3.8, 4) is 5.75 Å². The van der Waals surface area contributed by atoms with E-state index in [0.717, 1.165) is 9.58 Å². The van der Waals surface area contributed by atoms with Crippen LogP contribution in [-0.4, -0.2) is 32.4 Å². The lowest BCUT2D eigenvalue weighted by molar-refractivity contribution is -0.117. The Kier molecular flexibility index (Phi) is 5.53. The zero-order valence-corrected chi connectivity index (χ0v) is 17.2. The van der Waals surface area contributed by atoms with Gasteiger partial charge < -0.3 is 10.1 Å². The Morgan fingerprint density at radius 3 is 2.67 bits per heavy atom. The standard InChI is InChI=1S/C21H19N5O3S/c1-14-6-8-17(9-7-14)30-20-11-10-18-23-25(21(28)26(18)24-20)13-19(27)22-15-4-3-5-16(12-15)29-2/h3-12H,13H2,1-2H3,(H,22,27). The quantitative estimate of drug-likeness (QED) is 0.515. The maximum Gasteiger partial charge on any atom is 0.367 e. The summed E-state index contributed by atoms with van der Waals surface area (Å²) >= 11 is 1.45. The second-order valence-electron chi connectivity index (χ2n) is 6.58. The summed E-state index contributed by atoms with van der Waals surface area (Å²) < 4.78 is 7.44. The van der Waals surface area contributed by atoms with E-state index in [0.29, 0.717) is 22.1 Å². The van der Waals surface area contributed by atoms with Gasteiger partial charge in [0.15, 0.2) is 5.65 Å². The molecular weight excluding hydrogens is 402 g/mol. The first-order valence-electron chi connectivity index (χ1n) is 9.17. The van der Waals surface area contributed by atoms with E-state index in [4.69, 9.17) is 4.74 Å². The van der Waals surface area contributed by atoms with Crippen LogP contribution in [0.3, 0.4) is 0 Å². The Balaban J connectivity index is 1.52. The molecule has 1 amide bonds. The van der Waals surface area contributed by atoms with Crippen LogP contribution in [-0.2, 0) is 11.3 Å². The molecule has 0 aliphatic carbocycles.